The van der Waals surface area contributed by atoms with Crippen molar-refractivity contribution in [2.75, 3.05) is 11.9 Å². The highest BCUT2D eigenvalue weighted by molar-refractivity contribution is 7.17. The Kier molecular flexibility index (Phi) is 5.83. The van der Waals surface area contributed by atoms with Crippen LogP contribution in [0.4, 0.5) is 10.1 Å². The van der Waals surface area contributed by atoms with Gasteiger partial charge in [0.2, 0.25) is 0 Å². The smallest absolute Gasteiger partial charge is 0.350 e. The number of rotatable bonds is 5. The van der Waals surface area contributed by atoms with Crippen LogP contribution in [0.25, 0.3) is 10.6 Å². The number of aromatic nitrogens is 1. The molecule has 8 heteroatoms. The molecule has 0 radical (unpaired) electrons. The molecule has 0 aliphatic rings. The van der Waals surface area contributed by atoms with Gasteiger partial charge in [-0.1, -0.05) is 11.6 Å². The van der Waals surface area contributed by atoms with Crippen LogP contribution in [0.15, 0.2) is 48.5 Å². The minimum Gasteiger partial charge on any atom is -0.451 e. The molecule has 138 valence electrons. The molecule has 0 atom stereocenters. The summed E-state index contributed by atoms with van der Waals surface area (Å²) in [4.78, 5) is 28.8. The van der Waals surface area contributed by atoms with E-state index in [-0.39, 0.29) is 5.82 Å². The summed E-state index contributed by atoms with van der Waals surface area (Å²) in [6, 6.07) is 12.4. The zero-order chi connectivity index (χ0) is 19.4. The predicted molar refractivity (Wildman–Crippen MR) is 103 cm³/mol. The van der Waals surface area contributed by atoms with Crippen LogP contribution in [0, 0.1) is 12.7 Å². The molecule has 0 unspecified atom stereocenters. The molecule has 5 nitrogen and oxygen atoms in total. The van der Waals surface area contributed by atoms with Crippen molar-refractivity contribution in [3.8, 4) is 10.6 Å². The molecule has 0 spiro atoms. The summed E-state index contributed by atoms with van der Waals surface area (Å²) in [5, 5.41) is 3.73. The van der Waals surface area contributed by atoms with Crippen LogP contribution in [-0.2, 0) is 9.53 Å². The molecule has 27 heavy (non-hydrogen) atoms. The van der Waals surface area contributed by atoms with Crippen LogP contribution < -0.4 is 5.32 Å². The fraction of sp³-hybridized carbons (Fsp3) is 0.105. The van der Waals surface area contributed by atoms with Crippen LogP contribution in [0.2, 0.25) is 5.02 Å². The van der Waals surface area contributed by atoms with Crippen LogP contribution in [0.1, 0.15) is 15.4 Å². The van der Waals surface area contributed by atoms with Gasteiger partial charge < -0.3 is 10.1 Å². The average molecular weight is 405 g/mol. The summed E-state index contributed by atoms with van der Waals surface area (Å²) < 4.78 is 18.1. The highest BCUT2D eigenvalue weighted by Gasteiger charge is 2.18. The number of nitrogens with one attached hydrogen (secondary N) is 1. The van der Waals surface area contributed by atoms with E-state index in [1.807, 2.05) is 0 Å². The number of nitrogens with zero attached hydrogens (tertiary/aromatic N) is 1. The van der Waals surface area contributed by atoms with Gasteiger partial charge in [-0.3, -0.25) is 4.79 Å². The quantitative estimate of drug-likeness (QED) is 0.625. The van der Waals surface area contributed by atoms with Gasteiger partial charge in [-0.05, 0) is 55.5 Å². The fourth-order valence-electron chi connectivity index (χ4n) is 2.23. The largest absolute Gasteiger partial charge is 0.451 e. The molecule has 1 heterocycles. The summed E-state index contributed by atoms with van der Waals surface area (Å²) in [6.07, 6.45) is 0. The molecule has 3 rings (SSSR count). The van der Waals surface area contributed by atoms with E-state index in [0.29, 0.717) is 31.9 Å². The van der Waals surface area contributed by atoms with Crippen molar-refractivity contribution in [1.82, 2.24) is 4.98 Å². The lowest BCUT2D eigenvalue weighted by molar-refractivity contribution is -0.119. The van der Waals surface area contributed by atoms with E-state index in [1.54, 1.807) is 43.3 Å². The second kappa shape index (κ2) is 8.28. The number of esters is 1. The second-order valence-electron chi connectivity index (χ2n) is 5.57. The number of amides is 1. The van der Waals surface area contributed by atoms with Crippen molar-refractivity contribution in [3.05, 3.63) is 69.9 Å². The standard InChI is InChI=1S/C19H14ClFN2O3S/c1-11-17(27-18(22-11)12-2-6-14(21)7-3-12)19(25)26-10-16(24)23-15-8-4-13(20)5-9-15/h2-9H,10H2,1H3,(H,23,24). The molecule has 1 aromatic heterocycles. The van der Waals surface area contributed by atoms with Gasteiger partial charge >= 0.3 is 5.97 Å². The predicted octanol–water partition coefficient (Wildman–Crippen LogP) is 4.71. The molecular weight excluding hydrogens is 391 g/mol. The van der Waals surface area contributed by atoms with Crippen LogP contribution in [-0.4, -0.2) is 23.5 Å². The summed E-state index contributed by atoms with van der Waals surface area (Å²) in [5.41, 5.74) is 1.74. The Balaban J connectivity index is 1.61. The van der Waals surface area contributed by atoms with Gasteiger partial charge in [0.25, 0.3) is 5.91 Å². The minimum absolute atomic E-state index is 0.300. The molecule has 2 aromatic carbocycles. The number of hydrogen-bond donors (Lipinski definition) is 1. The summed E-state index contributed by atoms with van der Waals surface area (Å²) >= 11 is 6.91. The lowest BCUT2D eigenvalue weighted by Crippen LogP contribution is -2.20. The first kappa shape index (κ1) is 19.0. The number of anilines is 1. The SMILES string of the molecule is Cc1nc(-c2ccc(F)cc2)sc1C(=O)OCC(=O)Nc1ccc(Cl)cc1. The van der Waals surface area contributed by atoms with Gasteiger partial charge in [0.1, 0.15) is 15.7 Å². The first-order valence-corrected chi connectivity index (χ1v) is 9.08. The Hall–Kier alpha value is -2.77. The number of ether oxygens (including phenoxy) is 1. The second-order valence-corrected chi connectivity index (χ2v) is 7.01. The summed E-state index contributed by atoms with van der Waals surface area (Å²) in [6.45, 7) is 1.25. The Morgan fingerprint density at radius 2 is 1.81 bits per heavy atom. The van der Waals surface area contributed by atoms with Crippen LogP contribution in [0.5, 0.6) is 0 Å². The van der Waals surface area contributed by atoms with Crippen molar-refractivity contribution < 1.29 is 18.7 Å². The van der Waals surface area contributed by atoms with E-state index in [9.17, 15) is 14.0 Å². The molecule has 0 saturated carbocycles. The van der Waals surface area contributed by atoms with Crippen LogP contribution >= 0.6 is 22.9 Å². The van der Waals surface area contributed by atoms with E-state index in [2.05, 4.69) is 10.3 Å². The zero-order valence-electron chi connectivity index (χ0n) is 14.2. The molecule has 0 aliphatic heterocycles. The van der Waals surface area contributed by atoms with Gasteiger partial charge in [0, 0.05) is 16.3 Å². The fourth-order valence-corrected chi connectivity index (χ4v) is 3.32. The lowest BCUT2D eigenvalue weighted by atomic mass is 10.2. The monoisotopic (exact) mass is 404 g/mol. The van der Waals surface area contributed by atoms with Crippen LogP contribution in [0.3, 0.4) is 0 Å². The normalized spacial score (nSPS) is 10.5. The first-order chi connectivity index (χ1) is 12.9. The third kappa shape index (κ3) is 4.90. The van der Waals surface area contributed by atoms with E-state index >= 15 is 0 Å². The lowest BCUT2D eigenvalue weighted by Gasteiger charge is -2.06. The zero-order valence-corrected chi connectivity index (χ0v) is 15.7. The Morgan fingerprint density at radius 3 is 2.48 bits per heavy atom. The molecule has 0 saturated heterocycles. The number of carbonyl (C=O) groups excluding carboxylic acids is 2. The molecule has 0 aliphatic carbocycles. The molecule has 0 bridgehead atoms. The maximum atomic E-state index is 13.0. The summed E-state index contributed by atoms with van der Waals surface area (Å²) in [5.74, 6) is -1.45. The molecule has 1 amide bonds. The minimum atomic E-state index is -0.635. The van der Waals surface area contributed by atoms with Gasteiger partial charge in [-0.15, -0.1) is 11.3 Å². The molecule has 3 aromatic rings. The highest BCUT2D eigenvalue weighted by atomic mass is 35.5. The van der Waals surface area contributed by atoms with Gasteiger partial charge in [-0.2, -0.15) is 0 Å². The van der Waals surface area contributed by atoms with Gasteiger partial charge in [0.15, 0.2) is 6.61 Å². The number of halogens is 2. The Bertz CT molecular complexity index is 972. The maximum absolute atomic E-state index is 13.0. The average Bonchev–Trinajstić information content (AvgIpc) is 3.04. The van der Waals surface area contributed by atoms with E-state index in [0.717, 1.165) is 11.3 Å². The van der Waals surface area contributed by atoms with E-state index < -0.39 is 18.5 Å². The number of carbonyl (C=O) groups is 2. The van der Waals surface area contributed by atoms with Crippen molar-refractivity contribution in [1.29, 1.82) is 0 Å². The topological polar surface area (TPSA) is 68.3 Å². The highest BCUT2D eigenvalue weighted by Crippen LogP contribution is 2.28. The van der Waals surface area contributed by atoms with Crippen molar-refractivity contribution in [3.63, 3.8) is 0 Å². The molecular formula is C19H14ClFN2O3S. The molecule has 1 N–H and O–H groups in total. The maximum Gasteiger partial charge on any atom is 0.350 e. The Labute approximate surface area is 163 Å². The molecule has 0 fully saturated rings. The number of hydrogen-bond acceptors (Lipinski definition) is 5. The third-order valence-electron chi connectivity index (χ3n) is 3.54. The van der Waals surface area contributed by atoms with E-state index in [1.165, 1.54) is 12.1 Å². The first-order valence-electron chi connectivity index (χ1n) is 7.88. The van der Waals surface area contributed by atoms with E-state index in [4.69, 9.17) is 16.3 Å². The van der Waals surface area contributed by atoms with Gasteiger partial charge in [0.05, 0.1) is 5.69 Å². The van der Waals surface area contributed by atoms with Crippen molar-refractivity contribution in [2.24, 2.45) is 0 Å². The Morgan fingerprint density at radius 1 is 1.15 bits per heavy atom. The summed E-state index contributed by atoms with van der Waals surface area (Å²) in [7, 11) is 0. The van der Waals surface area contributed by atoms with Gasteiger partial charge in [-0.25, -0.2) is 14.2 Å². The number of benzene rings is 2. The van der Waals surface area contributed by atoms with Crippen molar-refractivity contribution >= 4 is 40.5 Å². The third-order valence-corrected chi connectivity index (χ3v) is 4.97. The van der Waals surface area contributed by atoms with Crippen molar-refractivity contribution in [2.45, 2.75) is 6.92 Å². The number of thiazole rings is 1. The number of aryl methyl sites for hydroxylation is 1.